The number of thioether (sulfide) groups is 1. The van der Waals surface area contributed by atoms with Gasteiger partial charge in [0, 0.05) is 24.9 Å². The molecule has 0 amide bonds. The number of non-ortho nitro benzene ring substituents is 1. The van der Waals surface area contributed by atoms with E-state index in [-0.39, 0.29) is 10.6 Å². The van der Waals surface area contributed by atoms with E-state index in [1.807, 2.05) is 35.9 Å². The second-order valence-corrected chi connectivity index (χ2v) is 8.03. The number of nitro groups is 1. The first-order valence-corrected chi connectivity index (χ1v) is 10.2. The number of para-hydroxylation sites is 1. The highest BCUT2D eigenvalue weighted by Crippen LogP contribution is 2.23. The molecule has 2 aromatic carbocycles. The quantitative estimate of drug-likeness (QED) is 0.273. The average Bonchev–Trinajstić information content (AvgIpc) is 3.20. The van der Waals surface area contributed by atoms with E-state index in [4.69, 9.17) is 0 Å². The molecule has 142 valence electrons. The Hall–Kier alpha value is -2.98. The van der Waals surface area contributed by atoms with Crippen molar-refractivity contribution < 1.29 is 4.92 Å². The molecule has 0 radical (unpaired) electrons. The zero-order valence-electron chi connectivity index (χ0n) is 14.8. The first-order valence-electron chi connectivity index (χ1n) is 8.35. The fraction of sp³-hybridized carbons (Fsp3) is 0.167. The van der Waals surface area contributed by atoms with Gasteiger partial charge in [0.05, 0.1) is 21.7 Å². The molecule has 2 aromatic heterocycles. The molecule has 2 heterocycles. The number of hydrogen-bond donors (Lipinski definition) is 0. The topological polar surface area (TPSA) is 95.8 Å². The van der Waals surface area contributed by atoms with E-state index in [1.165, 1.54) is 35.2 Å². The monoisotopic (exact) mass is 413 g/mol. The van der Waals surface area contributed by atoms with E-state index < -0.39 is 4.92 Å². The van der Waals surface area contributed by atoms with Gasteiger partial charge in [0.25, 0.3) is 5.69 Å². The molecular formula is C18H15N5O3S2. The summed E-state index contributed by atoms with van der Waals surface area (Å²) in [7, 11) is 1.87. The molecule has 0 saturated heterocycles. The zero-order chi connectivity index (χ0) is 19.7. The summed E-state index contributed by atoms with van der Waals surface area (Å²) >= 11 is 2.71. The number of nitro benzene ring substituents is 1. The number of nitrogens with zero attached hydrogens (tertiary/aromatic N) is 5. The molecule has 0 aliphatic rings. The van der Waals surface area contributed by atoms with E-state index in [1.54, 1.807) is 16.7 Å². The van der Waals surface area contributed by atoms with Gasteiger partial charge in [-0.3, -0.25) is 19.5 Å². The Bertz CT molecular complexity index is 1210. The smallest absolute Gasteiger partial charge is 0.308 e. The van der Waals surface area contributed by atoms with Crippen molar-refractivity contribution in [1.82, 2.24) is 19.3 Å². The molecule has 28 heavy (non-hydrogen) atoms. The van der Waals surface area contributed by atoms with Crippen molar-refractivity contribution in [2.75, 3.05) is 0 Å². The first kappa shape index (κ1) is 18.4. The van der Waals surface area contributed by atoms with Crippen LogP contribution < -0.4 is 4.87 Å². The van der Waals surface area contributed by atoms with Crippen LogP contribution in [0, 0.1) is 10.1 Å². The van der Waals surface area contributed by atoms with Crippen LogP contribution in [0.1, 0.15) is 11.4 Å². The lowest BCUT2D eigenvalue weighted by atomic mass is 10.2. The summed E-state index contributed by atoms with van der Waals surface area (Å²) in [5.41, 5.74) is 1.92. The van der Waals surface area contributed by atoms with E-state index in [0.717, 1.165) is 20.9 Å². The summed E-state index contributed by atoms with van der Waals surface area (Å²) in [6.07, 6.45) is 0. The largest absolute Gasteiger partial charge is 0.308 e. The molecule has 0 N–H and O–H groups in total. The fourth-order valence-corrected chi connectivity index (χ4v) is 4.55. The standard InChI is InChI=1S/C18H15N5O3S2/c1-21-16(10-22-14-4-2-3-5-15(14)28-18(22)24)19-20-17(21)27-11-12-6-8-13(9-7-12)23(25)26/h2-9H,10-11H2,1H3. The number of hydrogen-bond acceptors (Lipinski definition) is 7. The molecule has 4 aromatic rings. The van der Waals surface area contributed by atoms with Crippen LogP contribution in [0.4, 0.5) is 5.69 Å². The predicted molar refractivity (Wildman–Crippen MR) is 109 cm³/mol. The maximum absolute atomic E-state index is 12.3. The Morgan fingerprint density at radius 2 is 1.89 bits per heavy atom. The molecule has 4 rings (SSSR count). The van der Waals surface area contributed by atoms with Gasteiger partial charge in [-0.05, 0) is 17.7 Å². The third-order valence-electron chi connectivity index (χ3n) is 4.31. The van der Waals surface area contributed by atoms with Gasteiger partial charge in [-0.2, -0.15) is 0 Å². The number of benzene rings is 2. The number of fused-ring (bicyclic) bond motifs is 1. The molecular weight excluding hydrogens is 398 g/mol. The number of aromatic nitrogens is 4. The Morgan fingerprint density at radius 3 is 2.64 bits per heavy atom. The number of thiazole rings is 1. The fourth-order valence-electron chi connectivity index (χ4n) is 2.78. The summed E-state index contributed by atoms with van der Waals surface area (Å²) < 4.78 is 4.52. The average molecular weight is 413 g/mol. The zero-order valence-corrected chi connectivity index (χ0v) is 16.4. The molecule has 10 heteroatoms. The first-order chi connectivity index (χ1) is 13.5. The minimum atomic E-state index is -0.415. The normalized spacial score (nSPS) is 11.2. The molecule has 0 atom stereocenters. The lowest BCUT2D eigenvalue weighted by molar-refractivity contribution is -0.384. The van der Waals surface area contributed by atoms with Gasteiger partial charge in [-0.15, -0.1) is 10.2 Å². The van der Waals surface area contributed by atoms with Gasteiger partial charge in [0.15, 0.2) is 11.0 Å². The summed E-state index contributed by atoms with van der Waals surface area (Å²) in [5, 5.41) is 19.9. The van der Waals surface area contributed by atoms with Crippen molar-refractivity contribution in [3.05, 3.63) is 79.7 Å². The Morgan fingerprint density at radius 1 is 1.14 bits per heavy atom. The van der Waals surface area contributed by atoms with Crippen LogP contribution in [0.3, 0.4) is 0 Å². The lowest BCUT2D eigenvalue weighted by Gasteiger charge is -2.05. The van der Waals surface area contributed by atoms with Crippen molar-refractivity contribution in [3.63, 3.8) is 0 Å². The van der Waals surface area contributed by atoms with Crippen LogP contribution in [0.25, 0.3) is 10.2 Å². The van der Waals surface area contributed by atoms with E-state index in [2.05, 4.69) is 10.2 Å². The van der Waals surface area contributed by atoms with E-state index >= 15 is 0 Å². The predicted octanol–water partition coefficient (Wildman–Crippen LogP) is 3.44. The number of rotatable bonds is 6. The van der Waals surface area contributed by atoms with Crippen LogP contribution in [0.5, 0.6) is 0 Å². The van der Waals surface area contributed by atoms with Gasteiger partial charge in [0.2, 0.25) is 0 Å². The highest BCUT2D eigenvalue weighted by Gasteiger charge is 2.14. The van der Waals surface area contributed by atoms with Crippen molar-refractivity contribution in [1.29, 1.82) is 0 Å². The van der Waals surface area contributed by atoms with E-state index in [9.17, 15) is 14.9 Å². The van der Waals surface area contributed by atoms with Crippen molar-refractivity contribution in [3.8, 4) is 0 Å². The lowest BCUT2D eigenvalue weighted by Crippen LogP contribution is -2.16. The Labute approximate surface area is 167 Å². The minimum absolute atomic E-state index is 0.0238. The second kappa shape index (κ2) is 7.56. The summed E-state index contributed by atoms with van der Waals surface area (Å²) in [4.78, 5) is 22.6. The van der Waals surface area contributed by atoms with E-state index in [0.29, 0.717) is 18.1 Å². The summed E-state index contributed by atoms with van der Waals surface area (Å²) in [6, 6.07) is 14.1. The molecule has 0 saturated carbocycles. The molecule has 0 fully saturated rings. The third-order valence-corrected chi connectivity index (χ3v) is 6.36. The Kier molecular flexibility index (Phi) is 4.97. The van der Waals surface area contributed by atoms with Crippen molar-refractivity contribution in [2.24, 2.45) is 7.05 Å². The molecule has 0 spiro atoms. The van der Waals surface area contributed by atoms with Gasteiger partial charge in [-0.25, -0.2) is 0 Å². The van der Waals surface area contributed by atoms with Crippen LogP contribution >= 0.6 is 23.1 Å². The summed E-state index contributed by atoms with van der Waals surface area (Å²) in [6.45, 7) is 0.352. The van der Waals surface area contributed by atoms with Crippen LogP contribution in [0.15, 0.2) is 58.5 Å². The summed E-state index contributed by atoms with van der Waals surface area (Å²) in [5.74, 6) is 1.31. The second-order valence-electron chi connectivity index (χ2n) is 6.09. The van der Waals surface area contributed by atoms with Crippen LogP contribution in [-0.4, -0.2) is 24.3 Å². The van der Waals surface area contributed by atoms with Crippen molar-refractivity contribution in [2.45, 2.75) is 17.5 Å². The molecule has 0 aliphatic carbocycles. The third kappa shape index (κ3) is 3.56. The van der Waals surface area contributed by atoms with Crippen LogP contribution in [-0.2, 0) is 19.3 Å². The van der Waals surface area contributed by atoms with Crippen LogP contribution in [0.2, 0.25) is 0 Å². The molecule has 0 unspecified atom stereocenters. The van der Waals surface area contributed by atoms with Gasteiger partial charge in [-0.1, -0.05) is 47.4 Å². The minimum Gasteiger partial charge on any atom is -0.308 e. The maximum atomic E-state index is 12.3. The van der Waals surface area contributed by atoms with Gasteiger partial charge < -0.3 is 4.57 Å². The SMILES string of the molecule is Cn1c(Cn2c(=O)sc3ccccc32)nnc1SCc1ccc([N+](=O)[O-])cc1. The van der Waals surface area contributed by atoms with Crippen molar-refractivity contribution >= 4 is 39.0 Å². The Balaban J connectivity index is 1.50. The van der Waals surface area contributed by atoms with Gasteiger partial charge >= 0.3 is 4.87 Å². The molecule has 8 nitrogen and oxygen atoms in total. The molecule has 0 bridgehead atoms. The van der Waals surface area contributed by atoms with Gasteiger partial charge in [0.1, 0.15) is 0 Å². The highest BCUT2D eigenvalue weighted by atomic mass is 32.2. The maximum Gasteiger partial charge on any atom is 0.308 e. The highest BCUT2D eigenvalue weighted by molar-refractivity contribution is 7.98. The molecule has 0 aliphatic heterocycles.